The first-order chi connectivity index (χ1) is 15.1. The quantitative estimate of drug-likeness (QED) is 0.122. The van der Waals surface area contributed by atoms with E-state index in [4.69, 9.17) is 5.73 Å². The van der Waals surface area contributed by atoms with Crippen LogP contribution in [0.3, 0.4) is 0 Å². The van der Waals surface area contributed by atoms with E-state index in [0.717, 1.165) is 12.8 Å². The lowest BCUT2D eigenvalue weighted by Crippen LogP contribution is -2.12. The van der Waals surface area contributed by atoms with Crippen LogP contribution >= 0.6 is 0 Å². The first kappa shape index (κ1) is 29.9. The van der Waals surface area contributed by atoms with Crippen LogP contribution in [0.2, 0.25) is 0 Å². The standard InChI is InChI=1S/C28H53NO2/c1-3-4-5-6-7-8-9-10-11-12-13-14-15-16-17-18-19-20-21-22-23-24-27(30)25-26(2)28(29)31/h25H,3-24H2,1-2H3,(H2,29,31)/b26-25-. The molecule has 0 heterocycles. The molecular formula is C28H53NO2. The van der Waals surface area contributed by atoms with Crippen LogP contribution in [0.4, 0.5) is 0 Å². The Morgan fingerprint density at radius 1 is 0.548 bits per heavy atom. The maximum Gasteiger partial charge on any atom is 0.244 e. The predicted molar refractivity (Wildman–Crippen MR) is 135 cm³/mol. The average Bonchev–Trinajstić information content (AvgIpc) is 2.74. The number of ketones is 1. The van der Waals surface area contributed by atoms with E-state index in [1.165, 1.54) is 128 Å². The molecule has 0 bridgehead atoms. The minimum Gasteiger partial charge on any atom is -0.366 e. The topological polar surface area (TPSA) is 60.2 Å². The number of amides is 1. The van der Waals surface area contributed by atoms with Crippen molar-refractivity contribution in [2.75, 3.05) is 0 Å². The number of rotatable bonds is 24. The highest BCUT2D eigenvalue weighted by Gasteiger charge is 2.02. The lowest BCUT2D eigenvalue weighted by molar-refractivity contribution is -0.117. The Bertz CT molecular complexity index is 456. The van der Waals surface area contributed by atoms with Gasteiger partial charge in [-0.3, -0.25) is 9.59 Å². The largest absolute Gasteiger partial charge is 0.366 e. The van der Waals surface area contributed by atoms with Crippen molar-refractivity contribution in [3.63, 3.8) is 0 Å². The molecule has 0 rings (SSSR count). The first-order valence-corrected chi connectivity index (χ1v) is 13.6. The van der Waals surface area contributed by atoms with Gasteiger partial charge in [-0.1, -0.05) is 135 Å². The van der Waals surface area contributed by atoms with E-state index in [0.29, 0.717) is 12.0 Å². The molecule has 0 aromatic rings. The second kappa shape index (κ2) is 23.5. The summed E-state index contributed by atoms with van der Waals surface area (Å²) in [4.78, 5) is 22.6. The molecule has 3 nitrogen and oxygen atoms in total. The van der Waals surface area contributed by atoms with Crippen LogP contribution in [0.15, 0.2) is 11.6 Å². The molecule has 2 N–H and O–H groups in total. The summed E-state index contributed by atoms with van der Waals surface area (Å²) in [7, 11) is 0. The summed E-state index contributed by atoms with van der Waals surface area (Å²) in [6.07, 6.45) is 30.5. The normalized spacial score (nSPS) is 11.7. The number of allylic oxidation sites excluding steroid dienone is 1. The summed E-state index contributed by atoms with van der Waals surface area (Å²) >= 11 is 0. The monoisotopic (exact) mass is 435 g/mol. The van der Waals surface area contributed by atoms with Gasteiger partial charge in [0.15, 0.2) is 5.78 Å². The van der Waals surface area contributed by atoms with Gasteiger partial charge in [-0.15, -0.1) is 0 Å². The summed E-state index contributed by atoms with van der Waals surface area (Å²) in [5, 5.41) is 0. The zero-order valence-corrected chi connectivity index (χ0v) is 21.0. The molecule has 31 heavy (non-hydrogen) atoms. The molecule has 0 spiro atoms. The second-order valence-corrected chi connectivity index (χ2v) is 9.48. The van der Waals surface area contributed by atoms with Crippen molar-refractivity contribution in [3.8, 4) is 0 Å². The summed E-state index contributed by atoms with van der Waals surface area (Å²) in [6.45, 7) is 3.88. The van der Waals surface area contributed by atoms with Crippen molar-refractivity contribution < 1.29 is 9.59 Å². The molecule has 0 aliphatic carbocycles. The average molecular weight is 436 g/mol. The summed E-state index contributed by atoms with van der Waals surface area (Å²) < 4.78 is 0. The number of carbonyl (C=O) groups is 2. The van der Waals surface area contributed by atoms with Gasteiger partial charge in [-0.25, -0.2) is 0 Å². The van der Waals surface area contributed by atoms with E-state index < -0.39 is 5.91 Å². The molecule has 182 valence electrons. The lowest BCUT2D eigenvalue weighted by Gasteiger charge is -2.04. The fourth-order valence-electron chi connectivity index (χ4n) is 4.12. The molecule has 0 aromatic carbocycles. The van der Waals surface area contributed by atoms with Crippen molar-refractivity contribution in [2.45, 2.75) is 155 Å². The van der Waals surface area contributed by atoms with Crippen LogP contribution in [-0.2, 0) is 9.59 Å². The Morgan fingerprint density at radius 2 is 0.839 bits per heavy atom. The van der Waals surface area contributed by atoms with Gasteiger partial charge in [-0.2, -0.15) is 0 Å². The Balaban J connectivity index is 3.18. The minimum absolute atomic E-state index is 0.0223. The highest BCUT2D eigenvalue weighted by Crippen LogP contribution is 2.15. The van der Waals surface area contributed by atoms with Gasteiger partial charge in [0.2, 0.25) is 5.91 Å². The van der Waals surface area contributed by atoms with E-state index in [1.807, 2.05) is 0 Å². The van der Waals surface area contributed by atoms with E-state index in [9.17, 15) is 9.59 Å². The maximum atomic E-state index is 11.7. The molecule has 3 heteroatoms. The van der Waals surface area contributed by atoms with Crippen molar-refractivity contribution in [1.29, 1.82) is 0 Å². The predicted octanol–water partition coefficient (Wildman–Crippen LogP) is 8.59. The van der Waals surface area contributed by atoms with Crippen LogP contribution < -0.4 is 5.73 Å². The molecule has 0 aliphatic heterocycles. The van der Waals surface area contributed by atoms with E-state index in [-0.39, 0.29) is 5.78 Å². The van der Waals surface area contributed by atoms with Crippen LogP contribution in [0.1, 0.15) is 155 Å². The first-order valence-electron chi connectivity index (χ1n) is 13.6. The Kier molecular flexibility index (Phi) is 22.7. The fraction of sp³-hybridized carbons (Fsp3) is 0.857. The Hall–Kier alpha value is -1.12. The number of unbranched alkanes of at least 4 members (excludes halogenated alkanes) is 20. The van der Waals surface area contributed by atoms with Crippen molar-refractivity contribution in [2.24, 2.45) is 5.73 Å². The molecule has 0 saturated carbocycles. The SMILES string of the molecule is CCCCCCCCCCCCCCCCCCCCCCCC(=O)/C=C(/C)C(N)=O. The molecule has 1 amide bonds. The van der Waals surface area contributed by atoms with Gasteiger partial charge in [0, 0.05) is 12.0 Å². The molecule has 0 saturated heterocycles. The fourth-order valence-corrected chi connectivity index (χ4v) is 4.12. The molecular weight excluding hydrogens is 382 g/mol. The van der Waals surface area contributed by atoms with E-state index in [1.54, 1.807) is 6.92 Å². The summed E-state index contributed by atoms with van der Waals surface area (Å²) in [5.74, 6) is -0.485. The zero-order valence-electron chi connectivity index (χ0n) is 21.0. The van der Waals surface area contributed by atoms with Crippen LogP contribution in [0.5, 0.6) is 0 Å². The van der Waals surface area contributed by atoms with E-state index >= 15 is 0 Å². The van der Waals surface area contributed by atoms with Crippen LogP contribution in [0, 0.1) is 0 Å². The van der Waals surface area contributed by atoms with Crippen molar-refractivity contribution in [1.82, 2.24) is 0 Å². The minimum atomic E-state index is -0.507. The molecule has 0 fully saturated rings. The number of primary amides is 1. The van der Waals surface area contributed by atoms with Gasteiger partial charge in [0.05, 0.1) is 0 Å². The molecule has 0 radical (unpaired) electrons. The summed E-state index contributed by atoms with van der Waals surface area (Å²) in [6, 6.07) is 0. The summed E-state index contributed by atoms with van der Waals surface area (Å²) in [5.41, 5.74) is 5.49. The van der Waals surface area contributed by atoms with Gasteiger partial charge < -0.3 is 5.73 Å². The highest BCUT2D eigenvalue weighted by atomic mass is 16.1. The third-order valence-corrected chi connectivity index (χ3v) is 6.29. The van der Waals surface area contributed by atoms with Crippen molar-refractivity contribution >= 4 is 11.7 Å². The van der Waals surface area contributed by atoms with Crippen molar-refractivity contribution in [3.05, 3.63) is 11.6 Å². The Labute approximate surface area is 194 Å². The zero-order chi connectivity index (χ0) is 23.0. The molecule has 0 aliphatic rings. The third-order valence-electron chi connectivity index (χ3n) is 6.29. The lowest BCUT2D eigenvalue weighted by atomic mass is 10.0. The molecule has 0 atom stereocenters. The number of hydrogen-bond acceptors (Lipinski definition) is 2. The van der Waals surface area contributed by atoms with Gasteiger partial charge in [0.1, 0.15) is 0 Å². The van der Waals surface area contributed by atoms with Crippen LogP contribution in [-0.4, -0.2) is 11.7 Å². The smallest absolute Gasteiger partial charge is 0.244 e. The van der Waals surface area contributed by atoms with Gasteiger partial charge >= 0.3 is 0 Å². The number of nitrogens with two attached hydrogens (primary N) is 1. The maximum absolute atomic E-state index is 11.7. The molecule has 0 aromatic heterocycles. The third kappa shape index (κ3) is 23.4. The highest BCUT2D eigenvalue weighted by molar-refractivity contribution is 6.00. The van der Waals surface area contributed by atoms with Crippen LogP contribution in [0.25, 0.3) is 0 Å². The number of carbonyl (C=O) groups excluding carboxylic acids is 2. The second-order valence-electron chi connectivity index (χ2n) is 9.48. The van der Waals surface area contributed by atoms with Gasteiger partial charge in [-0.05, 0) is 19.4 Å². The number of hydrogen-bond donors (Lipinski definition) is 1. The van der Waals surface area contributed by atoms with E-state index in [2.05, 4.69) is 6.92 Å². The Morgan fingerprint density at radius 3 is 1.13 bits per heavy atom. The van der Waals surface area contributed by atoms with Gasteiger partial charge in [0.25, 0.3) is 0 Å². The molecule has 0 unspecified atom stereocenters.